The minimum absolute atomic E-state index is 0.193. The van der Waals surface area contributed by atoms with Gasteiger partial charge < -0.3 is 9.47 Å². The van der Waals surface area contributed by atoms with Crippen LogP contribution in [-0.4, -0.2) is 45.4 Å². The molecule has 0 heterocycles. The Bertz CT molecular complexity index is 541. The average molecular weight is 320 g/mol. The number of carbonyl (C=O) groups is 2. The quantitative estimate of drug-likeness (QED) is 0.519. The molecule has 7 nitrogen and oxygen atoms in total. The van der Waals surface area contributed by atoms with Gasteiger partial charge in [0, 0.05) is 5.92 Å². The maximum absolute atomic E-state index is 12.1. The van der Waals surface area contributed by atoms with Gasteiger partial charge in [-0.05, 0) is 26.7 Å². The van der Waals surface area contributed by atoms with Crippen molar-refractivity contribution in [3.63, 3.8) is 0 Å². The fraction of sp³-hybridized carbons (Fsp3) is 0.846. The predicted octanol–water partition coefficient (Wildman–Crippen LogP) is 0.484. The van der Waals surface area contributed by atoms with Crippen molar-refractivity contribution in [2.75, 3.05) is 19.5 Å². The highest BCUT2D eigenvalue weighted by Crippen LogP contribution is 2.67. The van der Waals surface area contributed by atoms with Gasteiger partial charge in [0.2, 0.25) is 0 Å². The molecule has 0 aromatic carbocycles. The lowest BCUT2D eigenvalue weighted by Crippen LogP contribution is -2.37. The molecule has 0 spiro atoms. The third-order valence-corrected chi connectivity index (χ3v) is 4.67. The molecule has 2 rings (SSSR count). The molecule has 4 unspecified atom stereocenters. The summed E-state index contributed by atoms with van der Waals surface area (Å²) in [5.41, 5.74) is -1.31. The third-order valence-electron chi connectivity index (χ3n) is 4.08. The van der Waals surface area contributed by atoms with Gasteiger partial charge in [-0.25, -0.2) is 0 Å². The van der Waals surface area contributed by atoms with Crippen LogP contribution < -0.4 is 0 Å². The van der Waals surface area contributed by atoms with E-state index in [0.29, 0.717) is 12.8 Å². The highest BCUT2D eigenvalue weighted by Gasteiger charge is 2.79. The van der Waals surface area contributed by atoms with Crippen LogP contribution >= 0.6 is 0 Å². The fourth-order valence-corrected chi connectivity index (χ4v) is 4.32. The Hall–Kier alpha value is -1.15. The van der Waals surface area contributed by atoms with Crippen molar-refractivity contribution in [3.8, 4) is 0 Å². The topological polar surface area (TPSA) is 96.0 Å². The van der Waals surface area contributed by atoms with Gasteiger partial charge in [0.15, 0.2) is 0 Å². The van der Waals surface area contributed by atoms with Crippen LogP contribution in [0, 0.1) is 17.8 Å². The summed E-state index contributed by atoms with van der Waals surface area (Å²) in [5, 5.41) is 0. The van der Waals surface area contributed by atoms with E-state index in [0.717, 1.165) is 6.26 Å². The van der Waals surface area contributed by atoms with Crippen LogP contribution in [0.3, 0.4) is 0 Å². The van der Waals surface area contributed by atoms with Crippen LogP contribution in [0.4, 0.5) is 0 Å². The summed E-state index contributed by atoms with van der Waals surface area (Å²) in [6, 6.07) is 0. The standard InChI is InChI=1S/C13H20O7S/c1-4-18-11(14)9-7-6-8-10(12(15)19-5-2)13(8,9)20-21(3,16)17/h8-10H,4-7H2,1-3H3. The predicted molar refractivity (Wildman–Crippen MR) is 71.6 cm³/mol. The van der Waals surface area contributed by atoms with Gasteiger partial charge in [-0.1, -0.05) is 0 Å². The molecule has 0 saturated heterocycles. The number of hydrogen-bond donors (Lipinski definition) is 0. The molecule has 2 aliphatic rings. The van der Waals surface area contributed by atoms with E-state index in [9.17, 15) is 18.0 Å². The number of esters is 2. The van der Waals surface area contributed by atoms with Crippen LogP contribution in [0.25, 0.3) is 0 Å². The smallest absolute Gasteiger partial charge is 0.312 e. The van der Waals surface area contributed by atoms with Crippen LogP contribution in [-0.2, 0) is 33.4 Å². The first kappa shape index (κ1) is 16.2. The largest absolute Gasteiger partial charge is 0.466 e. The van der Waals surface area contributed by atoms with E-state index >= 15 is 0 Å². The lowest BCUT2D eigenvalue weighted by molar-refractivity contribution is -0.154. The second kappa shape index (κ2) is 5.57. The zero-order valence-electron chi connectivity index (χ0n) is 12.3. The number of fused-ring (bicyclic) bond motifs is 1. The fourth-order valence-electron chi connectivity index (χ4n) is 3.45. The molecule has 21 heavy (non-hydrogen) atoms. The molecule has 120 valence electrons. The van der Waals surface area contributed by atoms with Crippen molar-refractivity contribution in [3.05, 3.63) is 0 Å². The van der Waals surface area contributed by atoms with Gasteiger partial charge in [-0.3, -0.25) is 13.8 Å². The van der Waals surface area contributed by atoms with E-state index in [-0.39, 0.29) is 19.1 Å². The molecule has 0 aromatic rings. The average Bonchev–Trinajstić information content (AvgIpc) is 2.81. The maximum Gasteiger partial charge on any atom is 0.312 e. The van der Waals surface area contributed by atoms with Crippen LogP contribution in [0.5, 0.6) is 0 Å². The number of carbonyl (C=O) groups excluding carboxylic acids is 2. The van der Waals surface area contributed by atoms with Gasteiger partial charge in [0.25, 0.3) is 10.1 Å². The first-order chi connectivity index (χ1) is 9.78. The van der Waals surface area contributed by atoms with Crippen molar-refractivity contribution in [1.29, 1.82) is 0 Å². The summed E-state index contributed by atoms with van der Waals surface area (Å²) in [7, 11) is -3.80. The number of hydrogen-bond acceptors (Lipinski definition) is 7. The van der Waals surface area contributed by atoms with E-state index in [4.69, 9.17) is 13.7 Å². The molecule has 4 atom stereocenters. The van der Waals surface area contributed by atoms with Crippen molar-refractivity contribution < 1.29 is 31.7 Å². The Morgan fingerprint density at radius 2 is 1.67 bits per heavy atom. The molecule has 2 aliphatic carbocycles. The zero-order chi connectivity index (χ0) is 15.8. The summed E-state index contributed by atoms with van der Waals surface area (Å²) in [6.07, 6.45) is 1.91. The molecule has 2 fully saturated rings. The summed E-state index contributed by atoms with van der Waals surface area (Å²) >= 11 is 0. The SMILES string of the molecule is CCOC(=O)C1CCC2C(C(=O)OCC)C12OS(C)(=O)=O. The van der Waals surface area contributed by atoms with Crippen LogP contribution in [0.1, 0.15) is 26.7 Å². The Kier molecular flexibility index (Phi) is 4.30. The van der Waals surface area contributed by atoms with Crippen molar-refractivity contribution >= 4 is 22.1 Å². The molecular weight excluding hydrogens is 300 g/mol. The molecule has 0 radical (unpaired) electrons. The summed E-state index contributed by atoms with van der Waals surface area (Å²) in [5.74, 6) is -2.79. The Morgan fingerprint density at radius 1 is 1.10 bits per heavy atom. The number of ether oxygens (including phenoxy) is 2. The molecule has 0 aromatic heterocycles. The Balaban J connectivity index is 2.28. The monoisotopic (exact) mass is 320 g/mol. The lowest BCUT2D eigenvalue weighted by Gasteiger charge is -2.22. The summed E-state index contributed by atoms with van der Waals surface area (Å²) in [6.45, 7) is 3.73. The molecule has 2 saturated carbocycles. The first-order valence-corrected chi connectivity index (χ1v) is 8.83. The highest BCUT2D eigenvalue weighted by atomic mass is 32.2. The third kappa shape index (κ3) is 2.78. The van der Waals surface area contributed by atoms with Crippen molar-refractivity contribution in [2.24, 2.45) is 17.8 Å². The normalized spacial score (nSPS) is 34.1. The van der Waals surface area contributed by atoms with Crippen molar-refractivity contribution in [2.45, 2.75) is 32.3 Å². The minimum Gasteiger partial charge on any atom is -0.466 e. The van der Waals surface area contributed by atoms with Gasteiger partial charge in [-0.15, -0.1) is 0 Å². The minimum atomic E-state index is -3.80. The number of rotatable bonds is 6. The van der Waals surface area contributed by atoms with Gasteiger partial charge in [0.1, 0.15) is 5.60 Å². The molecule has 0 aliphatic heterocycles. The van der Waals surface area contributed by atoms with Crippen LogP contribution in [0.15, 0.2) is 0 Å². The molecule has 0 bridgehead atoms. The summed E-state index contributed by atoms with van der Waals surface area (Å²) < 4.78 is 38.2. The lowest BCUT2D eigenvalue weighted by atomic mass is 9.97. The van der Waals surface area contributed by atoms with Gasteiger partial charge >= 0.3 is 11.9 Å². The van der Waals surface area contributed by atoms with E-state index in [1.165, 1.54) is 0 Å². The molecular formula is C13H20O7S. The van der Waals surface area contributed by atoms with E-state index < -0.39 is 39.5 Å². The Labute approximate surface area is 124 Å². The summed E-state index contributed by atoms with van der Waals surface area (Å²) in [4.78, 5) is 24.0. The Morgan fingerprint density at radius 3 is 2.19 bits per heavy atom. The molecule has 8 heteroatoms. The molecule has 0 amide bonds. The first-order valence-electron chi connectivity index (χ1n) is 7.01. The highest BCUT2D eigenvalue weighted by molar-refractivity contribution is 7.86. The maximum atomic E-state index is 12.1. The second-order valence-corrected chi connectivity index (χ2v) is 6.93. The van der Waals surface area contributed by atoms with Gasteiger partial charge in [0.05, 0.1) is 31.3 Å². The van der Waals surface area contributed by atoms with Gasteiger partial charge in [-0.2, -0.15) is 8.42 Å². The second-order valence-electron chi connectivity index (χ2n) is 5.36. The van der Waals surface area contributed by atoms with Crippen molar-refractivity contribution in [1.82, 2.24) is 0 Å². The zero-order valence-corrected chi connectivity index (χ0v) is 13.1. The van der Waals surface area contributed by atoms with E-state index in [1.807, 2.05) is 0 Å². The van der Waals surface area contributed by atoms with E-state index in [1.54, 1.807) is 13.8 Å². The van der Waals surface area contributed by atoms with Crippen LogP contribution in [0.2, 0.25) is 0 Å². The van der Waals surface area contributed by atoms with E-state index in [2.05, 4.69) is 0 Å². The molecule has 0 N–H and O–H groups in total.